The molecule has 0 aliphatic carbocycles. The molecule has 8 rings (SSSR count). The van der Waals surface area contributed by atoms with Crippen LogP contribution >= 0.6 is 0 Å². The Balaban J connectivity index is 0.000000196. The van der Waals surface area contributed by atoms with Crippen molar-refractivity contribution in [2.24, 2.45) is 0 Å². The van der Waals surface area contributed by atoms with Crippen molar-refractivity contribution >= 4 is 23.2 Å². The molecular formula is C58H68N4O4. The Morgan fingerprint density at radius 1 is 0.455 bits per heavy atom. The lowest BCUT2D eigenvalue weighted by molar-refractivity contribution is 0.101. The standard InChI is InChI=1S/2C29H34N2O2/c1-29(2,3)24-11-5-23(6-12-24)28(32)30-25-13-7-21(8-14-25)22-9-15-26(16-10-22)33-27-17-19-31(4)20-18-27;1-29(2,3)24-13-11-21(12-14-24)28(32)30-25-9-5-7-22(19-25)23-8-6-10-27(20-23)33-26-15-17-31(4)18-16-26/h5-16,27H,17-20H2,1-4H3,(H,30,32);5-14,19-20,26H,15-18H2,1-4H3,(H,30,32). The van der Waals surface area contributed by atoms with Gasteiger partial charge in [0.05, 0.1) is 0 Å². The Hall–Kier alpha value is -6.22. The maximum Gasteiger partial charge on any atom is 0.255 e. The number of nitrogens with one attached hydrogen (secondary N) is 2. The predicted octanol–water partition coefficient (Wildman–Crippen LogP) is 12.8. The summed E-state index contributed by atoms with van der Waals surface area (Å²) < 4.78 is 12.4. The Bertz CT molecular complexity index is 2500. The van der Waals surface area contributed by atoms with Gasteiger partial charge in [-0.25, -0.2) is 0 Å². The van der Waals surface area contributed by atoms with E-state index in [-0.39, 0.29) is 28.7 Å². The number of benzene rings is 6. The van der Waals surface area contributed by atoms with Crippen LogP contribution in [0.1, 0.15) is 99.1 Å². The first-order valence-electron chi connectivity index (χ1n) is 23.5. The minimum absolute atomic E-state index is 0.0644. The van der Waals surface area contributed by atoms with Gasteiger partial charge in [0.2, 0.25) is 0 Å². The molecule has 2 aliphatic rings. The second-order valence-corrected chi connectivity index (χ2v) is 20.0. The van der Waals surface area contributed by atoms with Gasteiger partial charge in [-0.2, -0.15) is 0 Å². The Labute approximate surface area is 393 Å². The molecule has 6 aromatic rings. The van der Waals surface area contributed by atoms with Gasteiger partial charge in [0, 0.05) is 48.7 Å². The summed E-state index contributed by atoms with van der Waals surface area (Å²) in [5.74, 6) is 1.62. The average Bonchev–Trinajstić information content (AvgIpc) is 3.31. The highest BCUT2D eigenvalue weighted by Gasteiger charge is 2.20. The SMILES string of the molecule is CN1CCC(Oc2ccc(-c3ccc(NC(=O)c4ccc(C(C)(C)C)cc4)cc3)cc2)CC1.CN1CCC(Oc2cccc(-c3cccc(NC(=O)c4ccc(C(C)(C)C)cc4)c3)c2)CC1. The van der Waals surface area contributed by atoms with Crippen LogP contribution in [0.5, 0.6) is 11.5 Å². The van der Waals surface area contributed by atoms with E-state index in [4.69, 9.17) is 9.47 Å². The summed E-state index contributed by atoms with van der Waals surface area (Å²) in [7, 11) is 4.31. The van der Waals surface area contributed by atoms with Gasteiger partial charge in [0.1, 0.15) is 23.7 Å². The van der Waals surface area contributed by atoms with Crippen LogP contribution in [0.2, 0.25) is 0 Å². The summed E-state index contributed by atoms with van der Waals surface area (Å²) in [4.78, 5) is 30.1. The number of likely N-dealkylation sites (tertiary alicyclic amines) is 2. The number of rotatable bonds is 10. The van der Waals surface area contributed by atoms with Gasteiger partial charge in [-0.05, 0) is 157 Å². The molecule has 0 radical (unpaired) electrons. The highest BCUT2D eigenvalue weighted by Crippen LogP contribution is 2.30. The van der Waals surface area contributed by atoms with Gasteiger partial charge in [-0.3, -0.25) is 9.59 Å². The summed E-state index contributed by atoms with van der Waals surface area (Å²) >= 11 is 0. The first-order chi connectivity index (χ1) is 31.6. The molecule has 2 fully saturated rings. The first kappa shape index (κ1) is 47.7. The van der Waals surface area contributed by atoms with Crippen molar-refractivity contribution in [3.63, 3.8) is 0 Å². The topological polar surface area (TPSA) is 83.1 Å². The second-order valence-electron chi connectivity index (χ2n) is 20.0. The number of amides is 2. The van der Waals surface area contributed by atoms with Crippen LogP contribution in [0.25, 0.3) is 22.3 Å². The number of hydrogen-bond acceptors (Lipinski definition) is 6. The molecule has 6 aromatic carbocycles. The second kappa shape index (κ2) is 21.4. The van der Waals surface area contributed by atoms with Gasteiger partial charge < -0.3 is 29.9 Å². The molecule has 2 amide bonds. The molecule has 0 unspecified atom stereocenters. The van der Waals surface area contributed by atoms with Crippen molar-refractivity contribution in [1.29, 1.82) is 0 Å². The average molecular weight is 885 g/mol. The zero-order valence-corrected chi connectivity index (χ0v) is 40.2. The Morgan fingerprint density at radius 2 is 0.864 bits per heavy atom. The summed E-state index contributed by atoms with van der Waals surface area (Å²) in [6.07, 6.45) is 4.84. The highest BCUT2D eigenvalue weighted by atomic mass is 16.5. The number of nitrogens with zero attached hydrogens (tertiary/aromatic N) is 2. The molecule has 2 N–H and O–H groups in total. The predicted molar refractivity (Wildman–Crippen MR) is 272 cm³/mol. The molecule has 344 valence electrons. The molecule has 8 heteroatoms. The number of anilines is 2. The largest absolute Gasteiger partial charge is 0.490 e. The van der Waals surface area contributed by atoms with Gasteiger partial charge in [-0.1, -0.05) is 114 Å². The zero-order chi connectivity index (χ0) is 46.8. The molecule has 2 aliphatic heterocycles. The van der Waals surface area contributed by atoms with Crippen LogP contribution < -0.4 is 20.1 Å². The number of carbonyl (C=O) groups excluding carboxylic acids is 2. The van der Waals surface area contributed by atoms with Crippen LogP contribution in [0.15, 0.2) is 146 Å². The monoisotopic (exact) mass is 885 g/mol. The number of carbonyl (C=O) groups is 2. The summed E-state index contributed by atoms with van der Waals surface area (Å²) in [6, 6.07) is 48.1. The molecule has 8 nitrogen and oxygen atoms in total. The smallest absolute Gasteiger partial charge is 0.255 e. The van der Waals surface area contributed by atoms with Crippen LogP contribution in [-0.4, -0.2) is 74.1 Å². The van der Waals surface area contributed by atoms with Gasteiger partial charge in [0.25, 0.3) is 11.8 Å². The Kier molecular flexibility index (Phi) is 15.5. The molecule has 0 aromatic heterocycles. The van der Waals surface area contributed by atoms with Gasteiger partial charge in [-0.15, -0.1) is 0 Å². The lowest BCUT2D eigenvalue weighted by Gasteiger charge is -2.29. The van der Waals surface area contributed by atoms with E-state index >= 15 is 0 Å². The van der Waals surface area contributed by atoms with Crippen molar-refractivity contribution in [2.75, 3.05) is 50.9 Å². The Morgan fingerprint density at radius 3 is 1.33 bits per heavy atom. The number of ether oxygens (including phenoxy) is 2. The molecule has 2 heterocycles. The quantitative estimate of drug-likeness (QED) is 0.143. The maximum atomic E-state index is 12.8. The fraction of sp³-hybridized carbons (Fsp3) is 0.345. The van der Waals surface area contributed by atoms with E-state index in [1.807, 2.05) is 115 Å². The van der Waals surface area contributed by atoms with E-state index in [1.54, 1.807) is 0 Å². The molecule has 0 atom stereocenters. The highest BCUT2D eigenvalue weighted by molar-refractivity contribution is 6.05. The third-order valence-corrected chi connectivity index (χ3v) is 12.6. The van der Waals surface area contributed by atoms with Crippen LogP contribution in [0.3, 0.4) is 0 Å². The van der Waals surface area contributed by atoms with Crippen LogP contribution in [0.4, 0.5) is 11.4 Å². The van der Waals surface area contributed by atoms with Crippen molar-refractivity contribution < 1.29 is 19.1 Å². The molecular weight excluding hydrogens is 817 g/mol. The molecule has 0 spiro atoms. The van der Waals surface area contributed by atoms with Crippen molar-refractivity contribution in [2.45, 2.75) is 90.3 Å². The molecule has 0 saturated carbocycles. The van der Waals surface area contributed by atoms with E-state index in [9.17, 15) is 9.59 Å². The van der Waals surface area contributed by atoms with Crippen molar-refractivity contribution in [3.8, 4) is 33.8 Å². The lowest BCUT2D eigenvalue weighted by Crippen LogP contribution is -2.35. The van der Waals surface area contributed by atoms with E-state index in [0.717, 1.165) is 97.0 Å². The fourth-order valence-electron chi connectivity index (χ4n) is 8.24. The third-order valence-electron chi connectivity index (χ3n) is 12.6. The van der Waals surface area contributed by atoms with E-state index < -0.39 is 0 Å². The van der Waals surface area contributed by atoms with E-state index in [1.165, 1.54) is 11.1 Å². The number of hydrogen-bond donors (Lipinski definition) is 2. The van der Waals surface area contributed by atoms with Crippen LogP contribution in [0, 0.1) is 0 Å². The zero-order valence-electron chi connectivity index (χ0n) is 40.2. The fourth-order valence-corrected chi connectivity index (χ4v) is 8.24. The summed E-state index contributed by atoms with van der Waals surface area (Å²) in [6.45, 7) is 17.3. The van der Waals surface area contributed by atoms with Gasteiger partial charge in [0.15, 0.2) is 0 Å². The van der Waals surface area contributed by atoms with E-state index in [2.05, 4.69) is 106 Å². The van der Waals surface area contributed by atoms with Crippen molar-refractivity contribution in [1.82, 2.24) is 9.80 Å². The summed E-state index contributed by atoms with van der Waals surface area (Å²) in [5, 5.41) is 6.03. The van der Waals surface area contributed by atoms with Crippen LogP contribution in [-0.2, 0) is 10.8 Å². The van der Waals surface area contributed by atoms with Gasteiger partial charge >= 0.3 is 0 Å². The lowest BCUT2D eigenvalue weighted by atomic mass is 9.86. The van der Waals surface area contributed by atoms with E-state index in [0.29, 0.717) is 17.2 Å². The summed E-state index contributed by atoms with van der Waals surface area (Å²) in [5.41, 5.74) is 9.79. The third kappa shape index (κ3) is 13.4. The molecule has 0 bridgehead atoms. The van der Waals surface area contributed by atoms with Crippen molar-refractivity contribution in [3.05, 3.63) is 168 Å². The molecule has 66 heavy (non-hydrogen) atoms. The number of piperidine rings is 2. The molecule has 2 saturated heterocycles. The minimum atomic E-state index is -0.105. The normalized spacial score (nSPS) is 15.3. The maximum absolute atomic E-state index is 12.8. The minimum Gasteiger partial charge on any atom is -0.490 e. The first-order valence-corrected chi connectivity index (χ1v) is 23.5.